The number of anilines is 1. The zero-order valence-electron chi connectivity index (χ0n) is 11.9. The molecular formula is C13H17N3O3S2. The van der Waals surface area contributed by atoms with Gasteiger partial charge in [0.1, 0.15) is 11.0 Å². The number of carbonyl (C=O) groups is 1. The lowest BCUT2D eigenvalue weighted by Gasteiger charge is -2.08. The van der Waals surface area contributed by atoms with Crippen molar-refractivity contribution in [3.05, 3.63) is 24.2 Å². The van der Waals surface area contributed by atoms with Gasteiger partial charge < -0.3 is 14.5 Å². The van der Waals surface area contributed by atoms with E-state index in [1.54, 1.807) is 13.2 Å². The summed E-state index contributed by atoms with van der Waals surface area (Å²) in [6, 6.07) is 3.72. The summed E-state index contributed by atoms with van der Waals surface area (Å²) in [7, 11) is 0. The van der Waals surface area contributed by atoms with Crippen LogP contribution in [0.15, 0.2) is 27.2 Å². The van der Waals surface area contributed by atoms with E-state index in [4.69, 9.17) is 9.15 Å². The minimum atomic E-state index is -0.289. The number of nitrogens with one attached hydrogen (secondary N) is 1. The molecule has 0 saturated heterocycles. The number of esters is 1. The third-order valence-electron chi connectivity index (χ3n) is 2.46. The van der Waals surface area contributed by atoms with Gasteiger partial charge in [-0.2, -0.15) is 0 Å². The highest BCUT2D eigenvalue weighted by molar-refractivity contribution is 8.02. The number of hydrogen-bond acceptors (Lipinski definition) is 8. The van der Waals surface area contributed by atoms with Crippen LogP contribution in [0.1, 0.15) is 26.0 Å². The van der Waals surface area contributed by atoms with Crippen LogP contribution in [0.25, 0.3) is 0 Å². The maximum atomic E-state index is 11.7. The van der Waals surface area contributed by atoms with E-state index in [1.807, 2.05) is 19.1 Å². The number of ether oxygens (including phenoxy) is 1. The highest BCUT2D eigenvalue weighted by Crippen LogP contribution is 2.29. The molecule has 0 radical (unpaired) electrons. The van der Waals surface area contributed by atoms with Crippen LogP contribution >= 0.6 is 23.1 Å². The monoisotopic (exact) mass is 327 g/mol. The average Bonchev–Trinajstić information content (AvgIpc) is 3.13. The second-order valence-corrected chi connectivity index (χ2v) is 6.80. The van der Waals surface area contributed by atoms with E-state index < -0.39 is 0 Å². The van der Waals surface area contributed by atoms with Gasteiger partial charge in [0, 0.05) is 0 Å². The molecule has 0 fully saturated rings. The lowest BCUT2D eigenvalue weighted by molar-refractivity contribution is -0.142. The maximum absolute atomic E-state index is 11.7. The van der Waals surface area contributed by atoms with Gasteiger partial charge in [-0.05, 0) is 25.5 Å². The lowest BCUT2D eigenvalue weighted by atomic mass is 10.4. The summed E-state index contributed by atoms with van der Waals surface area (Å²) in [6.07, 6.45) is 2.45. The molecule has 0 saturated carbocycles. The van der Waals surface area contributed by atoms with Crippen molar-refractivity contribution in [2.45, 2.75) is 36.4 Å². The average molecular weight is 327 g/mol. The largest absolute Gasteiger partial charge is 0.467 e. The predicted molar refractivity (Wildman–Crippen MR) is 82.5 cm³/mol. The molecule has 1 unspecified atom stereocenters. The topological polar surface area (TPSA) is 77.2 Å². The third kappa shape index (κ3) is 5.05. The number of nitrogens with zero attached hydrogens (tertiary/aromatic N) is 2. The summed E-state index contributed by atoms with van der Waals surface area (Å²) in [4.78, 5) is 11.7. The standard InChI is InChI=1S/C13H17N3O3S2/c1-3-6-19-11(17)9(2)20-13-16-15-12(21-13)14-8-10-5-4-7-18-10/h4-5,7,9H,3,6,8H2,1-2H3,(H,14,15). The first kappa shape index (κ1) is 15.8. The van der Waals surface area contributed by atoms with Gasteiger partial charge >= 0.3 is 5.97 Å². The van der Waals surface area contributed by atoms with E-state index in [9.17, 15) is 4.79 Å². The number of rotatable bonds is 8. The predicted octanol–water partition coefficient (Wildman–Crippen LogP) is 3.18. The van der Waals surface area contributed by atoms with E-state index in [1.165, 1.54) is 23.1 Å². The summed E-state index contributed by atoms with van der Waals surface area (Å²) in [5.74, 6) is 0.609. The Morgan fingerprint density at radius 2 is 2.43 bits per heavy atom. The van der Waals surface area contributed by atoms with Crippen molar-refractivity contribution in [2.75, 3.05) is 11.9 Å². The van der Waals surface area contributed by atoms with Gasteiger partial charge in [-0.25, -0.2) is 0 Å². The summed E-state index contributed by atoms with van der Waals surface area (Å²) >= 11 is 2.76. The molecule has 2 aromatic rings. The molecule has 6 nitrogen and oxygen atoms in total. The Kier molecular flexibility index (Phi) is 6.06. The normalized spacial score (nSPS) is 12.1. The van der Waals surface area contributed by atoms with Crippen molar-refractivity contribution in [1.82, 2.24) is 10.2 Å². The maximum Gasteiger partial charge on any atom is 0.319 e. The minimum absolute atomic E-state index is 0.220. The molecule has 1 N–H and O–H groups in total. The second kappa shape index (κ2) is 8.04. The molecule has 0 bridgehead atoms. The Balaban J connectivity index is 1.80. The number of furan rings is 1. The van der Waals surface area contributed by atoms with Gasteiger partial charge in [0.05, 0.1) is 19.4 Å². The Labute approximate surface area is 131 Å². The number of hydrogen-bond donors (Lipinski definition) is 1. The molecule has 2 rings (SSSR count). The fourth-order valence-corrected chi connectivity index (χ4v) is 3.31. The highest BCUT2D eigenvalue weighted by Gasteiger charge is 2.18. The van der Waals surface area contributed by atoms with Crippen LogP contribution in [0.3, 0.4) is 0 Å². The fraction of sp³-hybridized carbons (Fsp3) is 0.462. The lowest BCUT2D eigenvalue weighted by Crippen LogP contribution is -2.17. The molecule has 0 aliphatic heterocycles. The molecule has 0 aliphatic carbocycles. The SMILES string of the molecule is CCCOC(=O)C(C)Sc1nnc(NCc2ccco2)s1. The zero-order valence-corrected chi connectivity index (χ0v) is 13.5. The number of carbonyl (C=O) groups excluding carboxylic acids is 1. The molecule has 21 heavy (non-hydrogen) atoms. The Morgan fingerprint density at radius 3 is 3.14 bits per heavy atom. The first-order valence-corrected chi connectivity index (χ1v) is 8.31. The zero-order chi connectivity index (χ0) is 15.1. The van der Waals surface area contributed by atoms with Gasteiger partial charge in [-0.1, -0.05) is 30.0 Å². The second-order valence-electron chi connectivity index (χ2n) is 4.23. The fourth-order valence-electron chi connectivity index (χ4n) is 1.42. The van der Waals surface area contributed by atoms with Crippen molar-refractivity contribution >= 4 is 34.2 Å². The molecule has 2 heterocycles. The van der Waals surface area contributed by atoms with Crippen molar-refractivity contribution in [3.8, 4) is 0 Å². The van der Waals surface area contributed by atoms with E-state index >= 15 is 0 Å². The third-order valence-corrected chi connectivity index (χ3v) is 4.50. The molecule has 0 spiro atoms. The quantitative estimate of drug-likeness (QED) is 0.589. The van der Waals surface area contributed by atoms with Crippen LogP contribution in [-0.2, 0) is 16.1 Å². The van der Waals surface area contributed by atoms with Gasteiger partial charge in [0.15, 0.2) is 4.34 Å². The van der Waals surface area contributed by atoms with Gasteiger partial charge in [0.25, 0.3) is 0 Å². The van der Waals surface area contributed by atoms with Crippen LogP contribution in [0, 0.1) is 0 Å². The van der Waals surface area contributed by atoms with Crippen LogP contribution in [0.2, 0.25) is 0 Å². The van der Waals surface area contributed by atoms with Crippen LogP contribution in [-0.4, -0.2) is 28.0 Å². The summed E-state index contributed by atoms with van der Waals surface area (Å²) in [5, 5.41) is 11.6. The summed E-state index contributed by atoms with van der Waals surface area (Å²) in [5.41, 5.74) is 0. The Morgan fingerprint density at radius 1 is 1.57 bits per heavy atom. The van der Waals surface area contributed by atoms with E-state index in [2.05, 4.69) is 15.5 Å². The van der Waals surface area contributed by atoms with E-state index in [0.717, 1.165) is 16.5 Å². The molecule has 2 aromatic heterocycles. The first-order valence-electron chi connectivity index (χ1n) is 6.62. The van der Waals surface area contributed by atoms with Gasteiger partial charge in [-0.3, -0.25) is 4.79 Å². The molecule has 114 valence electrons. The molecule has 0 aliphatic rings. The van der Waals surface area contributed by atoms with Crippen LogP contribution in [0.4, 0.5) is 5.13 Å². The Hall–Kier alpha value is -1.54. The van der Waals surface area contributed by atoms with E-state index in [0.29, 0.717) is 18.3 Å². The smallest absolute Gasteiger partial charge is 0.319 e. The molecule has 0 amide bonds. The molecular weight excluding hydrogens is 310 g/mol. The first-order chi connectivity index (χ1) is 10.2. The van der Waals surface area contributed by atoms with Gasteiger partial charge in [-0.15, -0.1) is 10.2 Å². The highest BCUT2D eigenvalue weighted by atomic mass is 32.2. The summed E-state index contributed by atoms with van der Waals surface area (Å²) < 4.78 is 11.1. The van der Waals surface area contributed by atoms with Crippen molar-refractivity contribution in [1.29, 1.82) is 0 Å². The minimum Gasteiger partial charge on any atom is -0.467 e. The molecule has 0 aromatic carbocycles. The number of thioether (sulfide) groups is 1. The number of aromatic nitrogens is 2. The van der Waals surface area contributed by atoms with Crippen molar-refractivity contribution in [3.63, 3.8) is 0 Å². The van der Waals surface area contributed by atoms with Crippen LogP contribution in [0.5, 0.6) is 0 Å². The van der Waals surface area contributed by atoms with Crippen molar-refractivity contribution in [2.24, 2.45) is 0 Å². The van der Waals surface area contributed by atoms with Crippen molar-refractivity contribution < 1.29 is 13.9 Å². The summed E-state index contributed by atoms with van der Waals surface area (Å²) in [6.45, 7) is 4.78. The Bertz CT molecular complexity index is 557. The molecule has 8 heteroatoms. The van der Waals surface area contributed by atoms with Crippen LogP contribution < -0.4 is 5.32 Å². The van der Waals surface area contributed by atoms with Gasteiger partial charge in [0.2, 0.25) is 5.13 Å². The molecule has 1 atom stereocenters. The van der Waals surface area contributed by atoms with E-state index in [-0.39, 0.29) is 11.2 Å².